The van der Waals surface area contributed by atoms with E-state index < -0.39 is 0 Å². The molecule has 0 saturated heterocycles. The summed E-state index contributed by atoms with van der Waals surface area (Å²) in [5.74, 6) is 2.41. The van der Waals surface area contributed by atoms with Gasteiger partial charge in [0.1, 0.15) is 23.9 Å². The van der Waals surface area contributed by atoms with Crippen molar-refractivity contribution in [3.63, 3.8) is 0 Å². The predicted octanol–water partition coefficient (Wildman–Crippen LogP) is 4.89. The molecule has 1 aliphatic heterocycles. The minimum Gasteiger partial charge on any atom is -0.496 e. The van der Waals surface area contributed by atoms with Crippen LogP contribution in [-0.2, 0) is 6.54 Å². The number of fused-ring (bicyclic) bond motifs is 2. The Bertz CT molecular complexity index is 1330. The van der Waals surface area contributed by atoms with Gasteiger partial charge in [-0.25, -0.2) is 4.98 Å². The van der Waals surface area contributed by atoms with Crippen molar-refractivity contribution < 1.29 is 14.3 Å². The second-order valence-electron chi connectivity index (χ2n) is 8.14. The van der Waals surface area contributed by atoms with Gasteiger partial charge in [-0.15, -0.1) is 0 Å². The number of nitrogens with zero attached hydrogens (tertiary/aromatic N) is 2. The fraction of sp³-hybridized carbons (Fsp3) is 0.231. The van der Waals surface area contributed by atoms with E-state index in [1.165, 1.54) is 0 Å². The number of aryl methyl sites for hydroxylation is 2. The number of ether oxygens (including phenoxy) is 2. The van der Waals surface area contributed by atoms with Crippen LogP contribution in [-0.4, -0.2) is 41.0 Å². The Morgan fingerprint density at radius 3 is 2.72 bits per heavy atom. The van der Waals surface area contributed by atoms with Gasteiger partial charge < -0.3 is 19.4 Å². The molecule has 1 amide bonds. The lowest BCUT2D eigenvalue weighted by atomic mass is 10.0. The van der Waals surface area contributed by atoms with Crippen molar-refractivity contribution in [1.82, 2.24) is 14.9 Å². The molecule has 6 nitrogen and oxygen atoms in total. The zero-order chi connectivity index (χ0) is 22.2. The Kier molecular flexibility index (Phi) is 5.05. The summed E-state index contributed by atoms with van der Waals surface area (Å²) in [4.78, 5) is 22.9. The molecule has 0 unspecified atom stereocenters. The summed E-state index contributed by atoms with van der Waals surface area (Å²) in [6.45, 7) is 5.39. The van der Waals surface area contributed by atoms with Crippen LogP contribution >= 0.6 is 0 Å². The Hall–Kier alpha value is -3.80. The molecule has 0 aliphatic carbocycles. The van der Waals surface area contributed by atoms with Gasteiger partial charge in [-0.1, -0.05) is 18.2 Å². The van der Waals surface area contributed by atoms with Crippen LogP contribution < -0.4 is 9.47 Å². The smallest absolute Gasteiger partial charge is 0.254 e. The normalized spacial score (nSPS) is 13.4. The van der Waals surface area contributed by atoms with Gasteiger partial charge in [0.25, 0.3) is 5.91 Å². The zero-order valence-electron chi connectivity index (χ0n) is 18.4. The Morgan fingerprint density at radius 1 is 1.06 bits per heavy atom. The van der Waals surface area contributed by atoms with Gasteiger partial charge in [0.15, 0.2) is 0 Å². The fourth-order valence-electron chi connectivity index (χ4n) is 4.20. The third kappa shape index (κ3) is 3.68. The number of carbonyl (C=O) groups is 1. The van der Waals surface area contributed by atoms with E-state index in [-0.39, 0.29) is 5.91 Å². The van der Waals surface area contributed by atoms with E-state index >= 15 is 0 Å². The molecule has 5 rings (SSSR count). The molecule has 6 heteroatoms. The van der Waals surface area contributed by atoms with Crippen molar-refractivity contribution in [2.24, 2.45) is 0 Å². The highest BCUT2D eigenvalue weighted by Crippen LogP contribution is 2.31. The van der Waals surface area contributed by atoms with Crippen molar-refractivity contribution in [3.05, 3.63) is 77.1 Å². The summed E-state index contributed by atoms with van der Waals surface area (Å²) >= 11 is 0. The monoisotopic (exact) mass is 427 g/mol. The maximum absolute atomic E-state index is 13.2. The number of carbonyl (C=O) groups excluding carboxylic acids is 1. The van der Waals surface area contributed by atoms with E-state index in [0.29, 0.717) is 31.0 Å². The molecule has 0 radical (unpaired) electrons. The molecule has 0 saturated carbocycles. The molecule has 0 fully saturated rings. The van der Waals surface area contributed by atoms with Crippen LogP contribution in [0.15, 0.2) is 54.6 Å². The first-order valence-electron chi connectivity index (χ1n) is 10.7. The highest BCUT2D eigenvalue weighted by molar-refractivity contribution is 5.95. The summed E-state index contributed by atoms with van der Waals surface area (Å²) in [5, 5.41) is 0. The van der Waals surface area contributed by atoms with Crippen molar-refractivity contribution in [2.45, 2.75) is 20.4 Å². The van der Waals surface area contributed by atoms with Crippen LogP contribution in [0.3, 0.4) is 0 Å². The molecule has 3 aromatic carbocycles. The standard InChI is InChI=1S/C26H25N3O3/c1-16-4-5-20(14-25(16)31-3)26(30)29-10-11-32-24-9-7-18(12-21(24)15-29)19-6-8-22-23(13-19)28-17(2)27-22/h4-9,12-14H,10-11,15H2,1-3H3,(H,27,28). The average molecular weight is 428 g/mol. The number of methoxy groups -OCH3 is 1. The molecule has 4 aromatic rings. The largest absolute Gasteiger partial charge is 0.496 e. The molecular weight excluding hydrogens is 402 g/mol. The van der Waals surface area contributed by atoms with Crippen LogP contribution in [0.4, 0.5) is 0 Å². The third-order valence-corrected chi connectivity index (χ3v) is 5.92. The Labute approximate surface area is 186 Å². The first-order chi connectivity index (χ1) is 15.5. The van der Waals surface area contributed by atoms with Gasteiger partial charge in [0.2, 0.25) is 0 Å². The third-order valence-electron chi connectivity index (χ3n) is 5.92. The number of H-pyrrole nitrogens is 1. The topological polar surface area (TPSA) is 67.4 Å². The van der Waals surface area contributed by atoms with E-state index in [1.807, 2.05) is 49.1 Å². The predicted molar refractivity (Wildman–Crippen MR) is 124 cm³/mol. The summed E-state index contributed by atoms with van der Waals surface area (Å²) in [6, 6.07) is 18.0. The number of hydrogen-bond donors (Lipinski definition) is 1. The van der Waals surface area contributed by atoms with Crippen LogP contribution in [0.2, 0.25) is 0 Å². The highest BCUT2D eigenvalue weighted by Gasteiger charge is 2.22. The SMILES string of the molecule is COc1cc(C(=O)N2CCOc3ccc(-c4ccc5[nH]c(C)nc5c4)cc3C2)ccc1C. The van der Waals surface area contributed by atoms with Gasteiger partial charge in [0.05, 0.1) is 24.7 Å². The number of aromatic amines is 1. The first-order valence-corrected chi connectivity index (χ1v) is 10.7. The first kappa shape index (κ1) is 20.1. The molecule has 1 aromatic heterocycles. The van der Waals surface area contributed by atoms with Gasteiger partial charge in [-0.05, 0) is 66.9 Å². The maximum atomic E-state index is 13.2. The van der Waals surface area contributed by atoms with Crippen molar-refractivity contribution in [2.75, 3.05) is 20.3 Å². The molecule has 1 N–H and O–H groups in total. The summed E-state index contributed by atoms with van der Waals surface area (Å²) in [6.07, 6.45) is 0. The lowest BCUT2D eigenvalue weighted by Gasteiger charge is -2.20. The molecule has 0 bridgehead atoms. The average Bonchev–Trinajstić information content (AvgIpc) is 3.04. The second kappa shape index (κ2) is 8.04. The van der Waals surface area contributed by atoms with Crippen molar-refractivity contribution in [3.8, 4) is 22.6 Å². The van der Waals surface area contributed by atoms with Gasteiger partial charge in [-0.3, -0.25) is 4.79 Å². The minimum atomic E-state index is -0.0291. The number of rotatable bonds is 3. The molecule has 32 heavy (non-hydrogen) atoms. The summed E-state index contributed by atoms with van der Waals surface area (Å²) < 4.78 is 11.4. The number of hydrogen-bond acceptors (Lipinski definition) is 4. The van der Waals surface area contributed by atoms with Crippen LogP contribution in [0, 0.1) is 13.8 Å². The van der Waals surface area contributed by atoms with Crippen LogP contribution in [0.5, 0.6) is 11.5 Å². The van der Waals surface area contributed by atoms with E-state index in [0.717, 1.165) is 44.9 Å². The summed E-state index contributed by atoms with van der Waals surface area (Å²) in [7, 11) is 1.62. The van der Waals surface area contributed by atoms with E-state index in [9.17, 15) is 4.79 Å². The van der Waals surface area contributed by atoms with Gasteiger partial charge >= 0.3 is 0 Å². The van der Waals surface area contributed by atoms with Gasteiger partial charge in [-0.2, -0.15) is 0 Å². The molecular formula is C26H25N3O3. The van der Waals surface area contributed by atoms with Crippen LogP contribution in [0.1, 0.15) is 27.3 Å². The van der Waals surface area contributed by atoms with E-state index in [1.54, 1.807) is 7.11 Å². The molecule has 2 heterocycles. The number of aromatic nitrogens is 2. The highest BCUT2D eigenvalue weighted by atomic mass is 16.5. The van der Waals surface area contributed by atoms with Gasteiger partial charge in [0, 0.05) is 17.7 Å². The van der Waals surface area contributed by atoms with Crippen LogP contribution in [0.25, 0.3) is 22.2 Å². The number of nitrogens with one attached hydrogen (secondary N) is 1. The number of imidazole rings is 1. The van der Waals surface area contributed by atoms with E-state index in [2.05, 4.69) is 34.2 Å². The van der Waals surface area contributed by atoms with Crippen molar-refractivity contribution >= 4 is 16.9 Å². The Balaban J connectivity index is 1.45. The minimum absolute atomic E-state index is 0.0291. The lowest BCUT2D eigenvalue weighted by molar-refractivity contribution is 0.0733. The molecule has 0 atom stereocenters. The molecule has 0 spiro atoms. The Morgan fingerprint density at radius 2 is 1.88 bits per heavy atom. The van der Waals surface area contributed by atoms with E-state index in [4.69, 9.17) is 9.47 Å². The maximum Gasteiger partial charge on any atom is 0.254 e. The molecule has 1 aliphatic rings. The number of benzene rings is 3. The fourth-order valence-corrected chi connectivity index (χ4v) is 4.20. The lowest BCUT2D eigenvalue weighted by Crippen LogP contribution is -2.32. The van der Waals surface area contributed by atoms with Crippen molar-refractivity contribution in [1.29, 1.82) is 0 Å². The quantitative estimate of drug-likeness (QED) is 0.506. The number of amides is 1. The summed E-state index contributed by atoms with van der Waals surface area (Å²) in [5.41, 5.74) is 6.73. The molecule has 162 valence electrons. The second-order valence-corrected chi connectivity index (χ2v) is 8.14. The zero-order valence-corrected chi connectivity index (χ0v) is 18.4.